The van der Waals surface area contributed by atoms with Crippen LogP contribution in [0, 0.1) is 5.92 Å². The largest absolute Gasteiger partial charge is 0.444 e. The van der Waals surface area contributed by atoms with Crippen molar-refractivity contribution in [2.45, 2.75) is 58.6 Å². The van der Waals surface area contributed by atoms with Gasteiger partial charge in [-0.15, -0.1) is 0 Å². The summed E-state index contributed by atoms with van der Waals surface area (Å²) in [5, 5.41) is 3.59. The average Bonchev–Trinajstić information content (AvgIpc) is 2.95. The van der Waals surface area contributed by atoms with Crippen LogP contribution in [0.1, 0.15) is 50.6 Å². The summed E-state index contributed by atoms with van der Waals surface area (Å²) in [7, 11) is 0. The standard InChI is InChI=1S/C18H25N3O3S/c1-18(2,3)24-17(23)21-10-9-13-14(11-21)25-16(19-13)20-15(22)12-7-5-4-6-8-12/h4-5,12H,6-11H2,1-3H3,(H,19,20,22). The van der Waals surface area contributed by atoms with Crippen molar-refractivity contribution in [2.75, 3.05) is 11.9 Å². The molecule has 6 nitrogen and oxygen atoms in total. The van der Waals surface area contributed by atoms with Gasteiger partial charge in [-0.3, -0.25) is 4.79 Å². The summed E-state index contributed by atoms with van der Waals surface area (Å²) >= 11 is 1.46. The first kappa shape index (κ1) is 17.9. The smallest absolute Gasteiger partial charge is 0.410 e. The molecule has 0 radical (unpaired) electrons. The van der Waals surface area contributed by atoms with Gasteiger partial charge < -0.3 is 15.0 Å². The van der Waals surface area contributed by atoms with Crippen molar-refractivity contribution in [2.24, 2.45) is 5.92 Å². The first-order valence-corrected chi connectivity index (χ1v) is 9.56. The van der Waals surface area contributed by atoms with Gasteiger partial charge in [-0.25, -0.2) is 9.78 Å². The lowest BCUT2D eigenvalue weighted by Crippen LogP contribution is -2.39. The first-order chi connectivity index (χ1) is 11.8. The van der Waals surface area contributed by atoms with Crippen LogP contribution in [-0.2, 0) is 22.5 Å². The van der Waals surface area contributed by atoms with Gasteiger partial charge in [0.15, 0.2) is 5.13 Å². The normalized spacial score (nSPS) is 20.1. The van der Waals surface area contributed by atoms with E-state index in [4.69, 9.17) is 4.74 Å². The molecule has 0 aromatic carbocycles. The fourth-order valence-electron chi connectivity index (χ4n) is 2.97. The van der Waals surface area contributed by atoms with Gasteiger partial charge in [-0.05, 0) is 40.0 Å². The first-order valence-electron chi connectivity index (χ1n) is 8.74. The van der Waals surface area contributed by atoms with Crippen molar-refractivity contribution >= 4 is 28.5 Å². The monoisotopic (exact) mass is 363 g/mol. The average molecular weight is 363 g/mol. The van der Waals surface area contributed by atoms with Crippen molar-refractivity contribution in [3.05, 3.63) is 22.7 Å². The van der Waals surface area contributed by atoms with E-state index in [2.05, 4.69) is 22.5 Å². The van der Waals surface area contributed by atoms with Crippen LogP contribution in [-0.4, -0.2) is 34.0 Å². The molecule has 1 aromatic heterocycles. The number of amides is 2. The van der Waals surface area contributed by atoms with Gasteiger partial charge >= 0.3 is 6.09 Å². The van der Waals surface area contributed by atoms with Crippen LogP contribution < -0.4 is 5.32 Å². The van der Waals surface area contributed by atoms with Crippen molar-refractivity contribution in [3.8, 4) is 0 Å². The zero-order valence-corrected chi connectivity index (χ0v) is 15.8. The number of fused-ring (bicyclic) bond motifs is 1. The number of hydrogen-bond donors (Lipinski definition) is 1. The third-order valence-corrected chi connectivity index (χ3v) is 5.25. The lowest BCUT2D eigenvalue weighted by atomic mass is 9.94. The minimum Gasteiger partial charge on any atom is -0.444 e. The summed E-state index contributed by atoms with van der Waals surface area (Å²) in [6, 6.07) is 0. The van der Waals surface area contributed by atoms with Crippen LogP contribution in [0.25, 0.3) is 0 Å². The second kappa shape index (κ2) is 7.15. The highest BCUT2D eigenvalue weighted by molar-refractivity contribution is 7.15. The summed E-state index contributed by atoms with van der Waals surface area (Å²) < 4.78 is 5.44. The molecule has 0 bridgehead atoms. The molecule has 25 heavy (non-hydrogen) atoms. The van der Waals surface area contributed by atoms with Gasteiger partial charge in [-0.1, -0.05) is 23.5 Å². The second-order valence-electron chi connectivity index (χ2n) is 7.51. The summed E-state index contributed by atoms with van der Waals surface area (Å²) in [6.07, 6.45) is 7.22. The summed E-state index contributed by atoms with van der Waals surface area (Å²) in [5.41, 5.74) is 0.474. The van der Waals surface area contributed by atoms with E-state index in [1.807, 2.05) is 20.8 Å². The number of anilines is 1. The van der Waals surface area contributed by atoms with E-state index < -0.39 is 5.60 Å². The molecule has 1 unspecified atom stereocenters. The van der Waals surface area contributed by atoms with Gasteiger partial charge in [-0.2, -0.15) is 0 Å². The number of thiazole rings is 1. The zero-order valence-electron chi connectivity index (χ0n) is 15.0. The molecule has 3 rings (SSSR count). The van der Waals surface area contributed by atoms with Crippen LogP contribution in [0.4, 0.5) is 9.93 Å². The number of carbonyl (C=O) groups is 2. The third-order valence-electron chi connectivity index (χ3n) is 4.25. The fourth-order valence-corrected chi connectivity index (χ4v) is 4.00. The molecule has 0 saturated carbocycles. The minimum atomic E-state index is -0.501. The van der Waals surface area contributed by atoms with Crippen molar-refractivity contribution in [1.82, 2.24) is 9.88 Å². The molecule has 1 aromatic rings. The fraction of sp³-hybridized carbons (Fsp3) is 0.611. The van der Waals surface area contributed by atoms with E-state index in [1.54, 1.807) is 4.90 Å². The molecule has 1 N–H and O–H groups in total. The predicted octanol–water partition coefficient (Wildman–Crippen LogP) is 3.73. The Balaban J connectivity index is 1.61. The van der Waals surface area contributed by atoms with Gasteiger partial charge in [0.05, 0.1) is 12.2 Å². The highest BCUT2D eigenvalue weighted by Crippen LogP contribution is 2.30. The number of rotatable bonds is 2. The molecule has 1 atom stereocenters. The number of aromatic nitrogens is 1. The zero-order chi connectivity index (χ0) is 18.0. The highest BCUT2D eigenvalue weighted by Gasteiger charge is 2.28. The van der Waals surface area contributed by atoms with Gasteiger partial charge in [0.1, 0.15) is 5.60 Å². The summed E-state index contributed by atoms with van der Waals surface area (Å²) in [6.45, 7) is 6.67. The van der Waals surface area contributed by atoms with Crippen molar-refractivity contribution in [3.63, 3.8) is 0 Å². The number of carbonyl (C=O) groups excluding carboxylic acids is 2. The number of ether oxygens (including phenoxy) is 1. The van der Waals surface area contributed by atoms with E-state index in [9.17, 15) is 9.59 Å². The molecule has 0 fully saturated rings. The van der Waals surface area contributed by atoms with Gasteiger partial charge in [0.25, 0.3) is 0 Å². The van der Waals surface area contributed by atoms with Crippen LogP contribution in [0.2, 0.25) is 0 Å². The van der Waals surface area contributed by atoms with Crippen LogP contribution in [0.15, 0.2) is 12.2 Å². The molecule has 7 heteroatoms. The highest BCUT2D eigenvalue weighted by atomic mass is 32.1. The molecule has 2 heterocycles. The second-order valence-corrected chi connectivity index (χ2v) is 8.60. The SMILES string of the molecule is CC(C)(C)OC(=O)N1CCc2nc(NC(=O)C3CC=CCC3)sc2C1. The Morgan fingerprint density at radius 3 is 2.84 bits per heavy atom. The van der Waals surface area contributed by atoms with E-state index in [1.165, 1.54) is 11.3 Å². The van der Waals surface area contributed by atoms with E-state index in [0.717, 1.165) is 29.8 Å². The molecule has 2 aliphatic rings. The number of nitrogens with one attached hydrogen (secondary N) is 1. The Kier molecular flexibility index (Phi) is 5.13. The number of allylic oxidation sites excluding steroid dienone is 2. The van der Waals surface area contributed by atoms with Crippen molar-refractivity contribution < 1.29 is 14.3 Å². The van der Waals surface area contributed by atoms with Gasteiger partial charge in [0, 0.05) is 23.8 Å². The molecule has 2 amide bonds. The van der Waals surface area contributed by atoms with Crippen molar-refractivity contribution in [1.29, 1.82) is 0 Å². The Bertz CT molecular complexity index is 690. The molecular weight excluding hydrogens is 338 g/mol. The number of nitrogens with zero attached hydrogens (tertiary/aromatic N) is 2. The molecular formula is C18H25N3O3S. The Hall–Kier alpha value is -1.89. The summed E-state index contributed by atoms with van der Waals surface area (Å²) in [5.74, 6) is 0.0728. The maximum absolute atomic E-state index is 12.3. The minimum absolute atomic E-state index is 0.0317. The lowest BCUT2D eigenvalue weighted by Gasteiger charge is -2.29. The van der Waals surface area contributed by atoms with Gasteiger partial charge in [0.2, 0.25) is 5.91 Å². The summed E-state index contributed by atoms with van der Waals surface area (Å²) in [4.78, 5) is 31.8. The molecule has 136 valence electrons. The van der Waals surface area contributed by atoms with Crippen LogP contribution in [0.5, 0.6) is 0 Å². The van der Waals surface area contributed by atoms with Crippen LogP contribution >= 0.6 is 11.3 Å². The quantitative estimate of drug-likeness (QED) is 0.813. The molecule has 0 saturated heterocycles. The Morgan fingerprint density at radius 1 is 1.36 bits per heavy atom. The number of hydrogen-bond acceptors (Lipinski definition) is 5. The molecule has 0 spiro atoms. The lowest BCUT2D eigenvalue weighted by molar-refractivity contribution is -0.120. The maximum atomic E-state index is 12.3. The van der Waals surface area contributed by atoms with E-state index >= 15 is 0 Å². The van der Waals surface area contributed by atoms with E-state index in [0.29, 0.717) is 24.6 Å². The Labute approximate surface area is 152 Å². The molecule has 1 aliphatic heterocycles. The van der Waals surface area contributed by atoms with Crippen LogP contribution in [0.3, 0.4) is 0 Å². The maximum Gasteiger partial charge on any atom is 0.410 e. The molecule has 1 aliphatic carbocycles. The topological polar surface area (TPSA) is 71.5 Å². The predicted molar refractivity (Wildman–Crippen MR) is 97.6 cm³/mol. The van der Waals surface area contributed by atoms with E-state index in [-0.39, 0.29) is 17.9 Å². The Morgan fingerprint density at radius 2 is 2.16 bits per heavy atom. The third kappa shape index (κ3) is 4.60.